The Morgan fingerprint density at radius 3 is 2.33 bits per heavy atom. The number of rotatable bonds is 3. The monoisotopic (exact) mass is 412 g/mol. The van der Waals surface area contributed by atoms with Gasteiger partial charge in [0.1, 0.15) is 4.83 Å². The molecule has 3 aromatic heterocycles. The van der Waals surface area contributed by atoms with Crippen molar-refractivity contribution in [2.24, 2.45) is 0 Å². The van der Waals surface area contributed by atoms with E-state index in [0.29, 0.717) is 5.82 Å². The van der Waals surface area contributed by atoms with Gasteiger partial charge in [0.05, 0.1) is 20.8 Å². The molecule has 0 unspecified atom stereocenters. The molecule has 0 N–H and O–H groups in total. The second-order valence-corrected chi connectivity index (χ2v) is 8.11. The van der Waals surface area contributed by atoms with Gasteiger partial charge in [-0.1, -0.05) is 30.3 Å². The van der Waals surface area contributed by atoms with Gasteiger partial charge in [0, 0.05) is 34.3 Å². The summed E-state index contributed by atoms with van der Waals surface area (Å²) in [5.74, 6) is 0.538. The van der Waals surface area contributed by atoms with Crippen molar-refractivity contribution >= 4 is 37.5 Å². The standard InChI is InChI=1S/C23H16N4O2S/c1-13-12-14(2)24-23-18(13)20-21(30-23)19(15-6-4-3-5-7-15)25-22(26-20)16-8-10-17(11-9-16)27(28)29/h3-12H,1-2H3. The number of benzene rings is 2. The van der Waals surface area contributed by atoms with Crippen LogP contribution in [0.4, 0.5) is 5.69 Å². The van der Waals surface area contributed by atoms with Crippen LogP contribution in [-0.4, -0.2) is 19.9 Å². The predicted octanol–water partition coefficient (Wildman–Crippen LogP) is 6.10. The molecule has 5 aromatic rings. The molecular weight excluding hydrogens is 396 g/mol. The summed E-state index contributed by atoms with van der Waals surface area (Å²) >= 11 is 1.60. The summed E-state index contributed by atoms with van der Waals surface area (Å²) in [7, 11) is 0. The number of non-ortho nitro benzene ring substituents is 1. The number of fused-ring (bicyclic) bond motifs is 3. The third-order valence-corrected chi connectivity index (χ3v) is 6.08. The second-order valence-electron chi connectivity index (χ2n) is 7.11. The zero-order valence-corrected chi connectivity index (χ0v) is 17.1. The largest absolute Gasteiger partial charge is 0.269 e. The van der Waals surface area contributed by atoms with Crippen molar-refractivity contribution in [2.45, 2.75) is 13.8 Å². The minimum atomic E-state index is -0.410. The number of hydrogen-bond donors (Lipinski definition) is 0. The number of nitro groups is 1. The predicted molar refractivity (Wildman–Crippen MR) is 120 cm³/mol. The van der Waals surface area contributed by atoms with Crippen LogP contribution in [0, 0.1) is 24.0 Å². The Bertz CT molecular complexity index is 1430. The number of aryl methyl sites for hydroxylation is 2. The molecule has 0 fully saturated rings. The van der Waals surface area contributed by atoms with Crippen LogP contribution < -0.4 is 0 Å². The minimum Gasteiger partial charge on any atom is -0.258 e. The highest BCUT2D eigenvalue weighted by atomic mass is 32.1. The van der Waals surface area contributed by atoms with Crippen molar-refractivity contribution in [3.8, 4) is 22.6 Å². The van der Waals surface area contributed by atoms with Gasteiger partial charge in [0.15, 0.2) is 5.82 Å². The molecule has 0 saturated heterocycles. The second kappa shape index (κ2) is 6.96. The molecule has 7 heteroatoms. The van der Waals surface area contributed by atoms with Crippen LogP contribution >= 0.6 is 11.3 Å². The molecule has 6 nitrogen and oxygen atoms in total. The van der Waals surface area contributed by atoms with Gasteiger partial charge < -0.3 is 0 Å². The first kappa shape index (κ1) is 18.3. The Balaban J connectivity index is 1.84. The first-order valence-electron chi connectivity index (χ1n) is 9.40. The highest BCUT2D eigenvalue weighted by Gasteiger charge is 2.19. The molecule has 146 valence electrons. The van der Waals surface area contributed by atoms with Gasteiger partial charge in [0.25, 0.3) is 5.69 Å². The van der Waals surface area contributed by atoms with Crippen molar-refractivity contribution in [1.82, 2.24) is 15.0 Å². The highest BCUT2D eigenvalue weighted by molar-refractivity contribution is 7.25. The van der Waals surface area contributed by atoms with Gasteiger partial charge in [-0.2, -0.15) is 0 Å². The van der Waals surface area contributed by atoms with E-state index in [2.05, 4.69) is 13.0 Å². The lowest BCUT2D eigenvalue weighted by Gasteiger charge is -2.07. The Kier molecular flexibility index (Phi) is 4.25. The quantitative estimate of drug-likeness (QED) is 0.264. The number of nitrogens with zero attached hydrogens (tertiary/aromatic N) is 4. The molecule has 2 aromatic carbocycles. The number of pyridine rings is 1. The van der Waals surface area contributed by atoms with Crippen LogP contribution in [0.3, 0.4) is 0 Å². The van der Waals surface area contributed by atoms with Gasteiger partial charge >= 0.3 is 0 Å². The Labute approximate surface area is 176 Å². The van der Waals surface area contributed by atoms with E-state index in [1.807, 2.05) is 37.3 Å². The maximum atomic E-state index is 11.0. The maximum Gasteiger partial charge on any atom is 0.269 e. The Hall–Kier alpha value is -3.71. The fourth-order valence-electron chi connectivity index (χ4n) is 3.63. The summed E-state index contributed by atoms with van der Waals surface area (Å²) in [6, 6.07) is 18.4. The zero-order valence-electron chi connectivity index (χ0n) is 16.3. The first-order valence-corrected chi connectivity index (χ1v) is 10.2. The summed E-state index contributed by atoms with van der Waals surface area (Å²) in [6.07, 6.45) is 0. The van der Waals surface area contributed by atoms with E-state index in [-0.39, 0.29) is 5.69 Å². The lowest BCUT2D eigenvalue weighted by Crippen LogP contribution is -1.94. The summed E-state index contributed by atoms with van der Waals surface area (Å²) in [5, 5.41) is 12.0. The van der Waals surface area contributed by atoms with E-state index in [1.54, 1.807) is 23.5 Å². The summed E-state index contributed by atoms with van der Waals surface area (Å²) < 4.78 is 0.989. The molecule has 0 radical (unpaired) electrons. The van der Waals surface area contributed by atoms with E-state index in [4.69, 9.17) is 15.0 Å². The molecule has 0 aliphatic rings. The smallest absolute Gasteiger partial charge is 0.258 e. The molecule has 0 saturated carbocycles. The molecule has 0 atom stereocenters. The van der Waals surface area contributed by atoms with E-state index < -0.39 is 4.92 Å². The van der Waals surface area contributed by atoms with Crippen LogP contribution in [0.2, 0.25) is 0 Å². The van der Waals surface area contributed by atoms with E-state index in [1.165, 1.54) is 12.1 Å². The highest BCUT2D eigenvalue weighted by Crippen LogP contribution is 2.40. The van der Waals surface area contributed by atoms with Crippen molar-refractivity contribution in [2.75, 3.05) is 0 Å². The van der Waals surface area contributed by atoms with Crippen molar-refractivity contribution in [3.63, 3.8) is 0 Å². The lowest BCUT2D eigenvalue weighted by molar-refractivity contribution is -0.384. The van der Waals surface area contributed by atoms with Crippen LogP contribution in [0.1, 0.15) is 11.3 Å². The molecular formula is C23H16N4O2S. The fourth-order valence-corrected chi connectivity index (χ4v) is 4.88. The summed E-state index contributed by atoms with van der Waals surface area (Å²) in [4.78, 5) is 26.0. The van der Waals surface area contributed by atoms with E-state index in [9.17, 15) is 10.1 Å². The number of nitro benzene ring substituents is 1. The third kappa shape index (κ3) is 3.00. The van der Waals surface area contributed by atoms with Gasteiger partial charge in [-0.3, -0.25) is 10.1 Å². The summed E-state index contributed by atoms with van der Waals surface area (Å²) in [6.45, 7) is 4.06. The van der Waals surface area contributed by atoms with Crippen molar-refractivity contribution in [1.29, 1.82) is 0 Å². The van der Waals surface area contributed by atoms with E-state index >= 15 is 0 Å². The van der Waals surface area contributed by atoms with Crippen LogP contribution in [0.15, 0.2) is 60.7 Å². The Morgan fingerprint density at radius 1 is 0.900 bits per heavy atom. The average molecular weight is 412 g/mol. The first-order chi connectivity index (χ1) is 14.5. The normalized spacial score (nSPS) is 11.3. The van der Waals surface area contributed by atoms with E-state index in [0.717, 1.165) is 48.5 Å². The molecule has 5 rings (SSSR count). The molecule has 0 aliphatic carbocycles. The fraction of sp³-hybridized carbons (Fsp3) is 0.0870. The number of thiophene rings is 1. The number of hydrogen-bond acceptors (Lipinski definition) is 6. The topological polar surface area (TPSA) is 81.8 Å². The van der Waals surface area contributed by atoms with Gasteiger partial charge in [0.2, 0.25) is 0 Å². The summed E-state index contributed by atoms with van der Waals surface area (Å²) in [5.41, 5.74) is 5.56. The molecule has 0 bridgehead atoms. The Morgan fingerprint density at radius 2 is 1.63 bits per heavy atom. The maximum absolute atomic E-state index is 11.0. The van der Waals surface area contributed by atoms with Crippen molar-refractivity contribution < 1.29 is 4.92 Å². The molecule has 3 heterocycles. The van der Waals surface area contributed by atoms with Gasteiger partial charge in [-0.25, -0.2) is 15.0 Å². The molecule has 0 amide bonds. The number of aromatic nitrogens is 3. The average Bonchev–Trinajstić information content (AvgIpc) is 3.12. The van der Waals surface area contributed by atoms with Crippen LogP contribution in [0.5, 0.6) is 0 Å². The van der Waals surface area contributed by atoms with Gasteiger partial charge in [-0.05, 0) is 37.6 Å². The molecule has 30 heavy (non-hydrogen) atoms. The SMILES string of the molecule is Cc1cc(C)c2c(n1)sc1c(-c3ccccc3)nc(-c3ccc([N+](=O)[O-])cc3)nc12. The van der Waals surface area contributed by atoms with Gasteiger partial charge in [-0.15, -0.1) is 11.3 Å². The minimum absolute atomic E-state index is 0.0413. The lowest BCUT2D eigenvalue weighted by atomic mass is 10.1. The van der Waals surface area contributed by atoms with Crippen molar-refractivity contribution in [3.05, 3.63) is 82.0 Å². The van der Waals surface area contributed by atoms with Crippen LogP contribution in [-0.2, 0) is 0 Å². The molecule has 0 aliphatic heterocycles. The molecule has 0 spiro atoms. The van der Waals surface area contributed by atoms with Crippen LogP contribution in [0.25, 0.3) is 43.1 Å². The zero-order chi connectivity index (χ0) is 20.8. The third-order valence-electron chi connectivity index (χ3n) is 5.00.